The molecule has 0 bridgehead atoms. The lowest BCUT2D eigenvalue weighted by molar-refractivity contribution is 0.0588. The van der Waals surface area contributed by atoms with Crippen LogP contribution in [0, 0.1) is 6.92 Å². The van der Waals surface area contributed by atoms with Crippen LogP contribution in [0.15, 0.2) is 18.2 Å². The highest BCUT2D eigenvalue weighted by molar-refractivity contribution is 7.91. The monoisotopic (exact) mass is 379 g/mol. The summed E-state index contributed by atoms with van der Waals surface area (Å²) in [5.41, 5.74) is 1.64. The molecule has 1 amide bonds. The molecule has 0 unspecified atom stereocenters. The summed E-state index contributed by atoms with van der Waals surface area (Å²) < 4.78 is 24.3. The lowest BCUT2D eigenvalue weighted by Crippen LogP contribution is -2.52. The number of aryl methyl sites for hydroxylation is 1. The predicted octanol–water partition coefficient (Wildman–Crippen LogP) is 1.55. The lowest BCUT2D eigenvalue weighted by atomic mass is 10.1. The lowest BCUT2D eigenvalue weighted by Gasteiger charge is -2.37. The minimum Gasteiger partial charge on any atom is -0.336 e. The van der Waals surface area contributed by atoms with Crippen LogP contribution in [-0.2, 0) is 9.84 Å². The Labute approximate surface area is 151 Å². The second-order valence-electron chi connectivity index (χ2n) is 6.80. The van der Waals surface area contributed by atoms with Gasteiger partial charge in [-0.3, -0.25) is 9.69 Å². The van der Waals surface area contributed by atoms with E-state index in [0.29, 0.717) is 24.4 Å². The van der Waals surface area contributed by atoms with Gasteiger partial charge in [0.1, 0.15) is 0 Å². The van der Waals surface area contributed by atoms with E-state index in [1.165, 1.54) is 0 Å². The Kier molecular flexibility index (Phi) is 4.29. The van der Waals surface area contributed by atoms with Crippen molar-refractivity contribution in [1.82, 2.24) is 14.8 Å². The summed E-state index contributed by atoms with van der Waals surface area (Å²) in [4.78, 5) is 21.3. The molecule has 3 heterocycles. The average molecular weight is 380 g/mol. The zero-order chi connectivity index (χ0) is 17.6. The SMILES string of the molecule is Cc1nc2ccc(C(=O)N3CCN([C@H]4CCS(=O)(=O)C4)CC3)cc2s1. The van der Waals surface area contributed by atoms with Gasteiger partial charge in [0.15, 0.2) is 9.84 Å². The van der Waals surface area contributed by atoms with Crippen LogP contribution in [0.5, 0.6) is 0 Å². The van der Waals surface area contributed by atoms with Gasteiger partial charge < -0.3 is 4.90 Å². The number of fused-ring (bicyclic) bond motifs is 1. The number of thiazole rings is 1. The Hall–Kier alpha value is -1.51. The Morgan fingerprint density at radius 3 is 2.68 bits per heavy atom. The molecule has 2 fully saturated rings. The maximum Gasteiger partial charge on any atom is 0.253 e. The minimum absolute atomic E-state index is 0.0478. The highest BCUT2D eigenvalue weighted by Gasteiger charge is 2.34. The fourth-order valence-electron chi connectivity index (χ4n) is 3.71. The highest BCUT2D eigenvalue weighted by atomic mass is 32.2. The standard InChI is InChI=1S/C17H21N3O3S2/c1-12-18-15-3-2-13(10-16(15)24-12)17(21)20-7-5-19(6-8-20)14-4-9-25(22,23)11-14/h2-3,10,14H,4-9,11H2,1H3/t14-/m0/s1. The van der Waals surface area contributed by atoms with Crippen molar-refractivity contribution in [2.24, 2.45) is 0 Å². The summed E-state index contributed by atoms with van der Waals surface area (Å²) in [6, 6.07) is 5.81. The van der Waals surface area contributed by atoms with Gasteiger partial charge in [-0.05, 0) is 31.5 Å². The molecule has 0 N–H and O–H groups in total. The smallest absolute Gasteiger partial charge is 0.253 e. The summed E-state index contributed by atoms with van der Waals surface area (Å²) >= 11 is 1.60. The van der Waals surface area contributed by atoms with Crippen LogP contribution < -0.4 is 0 Å². The van der Waals surface area contributed by atoms with Crippen LogP contribution >= 0.6 is 11.3 Å². The summed E-state index contributed by atoms with van der Waals surface area (Å²) in [6.45, 7) is 4.75. The normalized spacial score (nSPS) is 24.0. The third kappa shape index (κ3) is 3.43. The fraction of sp³-hybridized carbons (Fsp3) is 0.529. The second-order valence-corrected chi connectivity index (χ2v) is 10.3. The Morgan fingerprint density at radius 1 is 1.24 bits per heavy atom. The molecule has 6 nitrogen and oxygen atoms in total. The first kappa shape index (κ1) is 16.9. The van der Waals surface area contributed by atoms with Gasteiger partial charge in [0.05, 0.1) is 26.7 Å². The average Bonchev–Trinajstić information content (AvgIpc) is 3.14. The van der Waals surface area contributed by atoms with Gasteiger partial charge in [-0.2, -0.15) is 0 Å². The summed E-state index contributed by atoms with van der Waals surface area (Å²) in [6.07, 6.45) is 0.720. The maximum atomic E-state index is 12.8. The Bertz CT molecular complexity index is 914. The van der Waals surface area contributed by atoms with Crippen molar-refractivity contribution in [2.75, 3.05) is 37.7 Å². The quantitative estimate of drug-likeness (QED) is 0.792. The number of carbonyl (C=O) groups excluding carboxylic acids is 1. The van der Waals surface area contributed by atoms with E-state index < -0.39 is 9.84 Å². The van der Waals surface area contributed by atoms with Crippen molar-refractivity contribution in [3.63, 3.8) is 0 Å². The molecule has 1 atom stereocenters. The molecule has 134 valence electrons. The largest absolute Gasteiger partial charge is 0.336 e. The van der Waals surface area contributed by atoms with E-state index in [1.54, 1.807) is 11.3 Å². The number of rotatable bonds is 2. The molecule has 0 spiro atoms. The number of benzene rings is 1. The number of nitrogens with zero attached hydrogens (tertiary/aromatic N) is 3. The van der Waals surface area contributed by atoms with Crippen molar-refractivity contribution in [3.05, 3.63) is 28.8 Å². The number of amides is 1. The van der Waals surface area contributed by atoms with Crippen molar-refractivity contribution in [2.45, 2.75) is 19.4 Å². The van der Waals surface area contributed by atoms with Gasteiger partial charge in [-0.25, -0.2) is 13.4 Å². The van der Waals surface area contributed by atoms with E-state index >= 15 is 0 Å². The summed E-state index contributed by atoms with van der Waals surface area (Å²) in [5, 5.41) is 1.000. The van der Waals surface area contributed by atoms with Crippen LogP contribution in [0.4, 0.5) is 0 Å². The van der Waals surface area contributed by atoms with Crippen LogP contribution in [0.2, 0.25) is 0 Å². The van der Waals surface area contributed by atoms with Gasteiger partial charge in [0.25, 0.3) is 5.91 Å². The van der Waals surface area contributed by atoms with E-state index in [0.717, 1.165) is 34.7 Å². The van der Waals surface area contributed by atoms with Crippen LogP contribution in [-0.4, -0.2) is 72.8 Å². The van der Waals surface area contributed by atoms with Crippen LogP contribution in [0.1, 0.15) is 21.8 Å². The van der Waals surface area contributed by atoms with Gasteiger partial charge in [-0.15, -0.1) is 11.3 Å². The third-order valence-corrected chi connectivity index (χ3v) is 7.75. The van der Waals surface area contributed by atoms with Gasteiger partial charge >= 0.3 is 0 Å². The van der Waals surface area contributed by atoms with Crippen molar-refractivity contribution < 1.29 is 13.2 Å². The second kappa shape index (κ2) is 6.34. The zero-order valence-corrected chi connectivity index (χ0v) is 15.8. The minimum atomic E-state index is -2.86. The Morgan fingerprint density at radius 2 is 2.00 bits per heavy atom. The molecule has 2 saturated heterocycles. The van der Waals surface area contributed by atoms with E-state index in [9.17, 15) is 13.2 Å². The molecule has 0 aliphatic carbocycles. The number of piperazine rings is 1. The highest BCUT2D eigenvalue weighted by Crippen LogP contribution is 2.24. The number of hydrogen-bond acceptors (Lipinski definition) is 6. The third-order valence-electron chi connectivity index (χ3n) is 5.07. The van der Waals surface area contributed by atoms with Crippen molar-refractivity contribution >= 4 is 37.3 Å². The molecule has 8 heteroatoms. The molecule has 2 aliphatic heterocycles. The van der Waals surface area contributed by atoms with E-state index in [-0.39, 0.29) is 17.7 Å². The molecule has 0 radical (unpaired) electrons. The van der Waals surface area contributed by atoms with Gasteiger partial charge in [0.2, 0.25) is 0 Å². The van der Waals surface area contributed by atoms with Crippen LogP contribution in [0.3, 0.4) is 0 Å². The molecule has 1 aromatic heterocycles. The molecular formula is C17H21N3O3S2. The van der Waals surface area contributed by atoms with E-state index in [2.05, 4.69) is 9.88 Å². The molecule has 2 aliphatic rings. The molecule has 4 rings (SSSR count). The number of aromatic nitrogens is 1. The summed E-state index contributed by atoms with van der Waals surface area (Å²) in [5.74, 6) is 0.611. The molecule has 25 heavy (non-hydrogen) atoms. The fourth-order valence-corrected chi connectivity index (χ4v) is 6.34. The number of carbonyl (C=O) groups is 1. The predicted molar refractivity (Wildman–Crippen MR) is 98.9 cm³/mol. The molecule has 0 saturated carbocycles. The van der Waals surface area contributed by atoms with Gasteiger partial charge in [0, 0.05) is 37.8 Å². The van der Waals surface area contributed by atoms with Crippen LogP contribution in [0.25, 0.3) is 10.2 Å². The first-order chi connectivity index (χ1) is 11.9. The maximum absolute atomic E-state index is 12.8. The topological polar surface area (TPSA) is 70.6 Å². The Balaban J connectivity index is 1.42. The van der Waals surface area contributed by atoms with Crippen molar-refractivity contribution in [1.29, 1.82) is 0 Å². The van der Waals surface area contributed by atoms with E-state index in [1.807, 2.05) is 30.0 Å². The number of sulfone groups is 1. The van der Waals surface area contributed by atoms with Crippen molar-refractivity contribution in [3.8, 4) is 0 Å². The molecular weight excluding hydrogens is 358 g/mol. The molecule has 2 aromatic rings. The zero-order valence-electron chi connectivity index (χ0n) is 14.1. The van der Waals surface area contributed by atoms with Gasteiger partial charge in [-0.1, -0.05) is 0 Å². The number of hydrogen-bond donors (Lipinski definition) is 0. The summed E-state index contributed by atoms with van der Waals surface area (Å²) in [7, 11) is -2.86. The first-order valence-electron chi connectivity index (χ1n) is 8.52. The molecule has 1 aromatic carbocycles. The first-order valence-corrected chi connectivity index (χ1v) is 11.2. The van der Waals surface area contributed by atoms with E-state index in [4.69, 9.17) is 0 Å².